The highest BCUT2D eigenvalue weighted by Gasteiger charge is 2.03. The standard InChI is InChI=1S/C11H13FO/c1-8(2)9-4-5-11(13-3)10(6-9)7-12/h4-6H,1,7H2,2-3H3. The van der Waals surface area contributed by atoms with Gasteiger partial charge in [0.25, 0.3) is 0 Å². The molecule has 1 rings (SSSR count). The van der Waals surface area contributed by atoms with E-state index < -0.39 is 6.67 Å². The number of methoxy groups -OCH3 is 1. The van der Waals surface area contributed by atoms with Gasteiger partial charge in [0, 0.05) is 5.56 Å². The molecule has 0 unspecified atom stereocenters. The van der Waals surface area contributed by atoms with Crippen LogP contribution in [0.15, 0.2) is 24.8 Å². The van der Waals surface area contributed by atoms with Crippen molar-refractivity contribution < 1.29 is 9.13 Å². The van der Waals surface area contributed by atoms with Gasteiger partial charge in [-0.2, -0.15) is 0 Å². The molecule has 1 aromatic rings. The number of benzene rings is 1. The molecule has 0 aliphatic heterocycles. The lowest BCUT2D eigenvalue weighted by atomic mass is 10.1. The molecule has 13 heavy (non-hydrogen) atoms. The van der Waals surface area contributed by atoms with Gasteiger partial charge in [0.2, 0.25) is 0 Å². The Morgan fingerprint density at radius 3 is 2.69 bits per heavy atom. The normalized spacial score (nSPS) is 9.77. The van der Waals surface area contributed by atoms with E-state index in [-0.39, 0.29) is 0 Å². The van der Waals surface area contributed by atoms with Crippen LogP contribution in [0, 0.1) is 0 Å². The maximum absolute atomic E-state index is 12.5. The van der Waals surface area contributed by atoms with Crippen LogP contribution in [0.1, 0.15) is 18.1 Å². The van der Waals surface area contributed by atoms with Gasteiger partial charge in [-0.15, -0.1) is 0 Å². The third kappa shape index (κ3) is 2.08. The van der Waals surface area contributed by atoms with E-state index >= 15 is 0 Å². The average Bonchev–Trinajstić information content (AvgIpc) is 2.16. The molecule has 0 amide bonds. The number of rotatable bonds is 3. The second-order valence-corrected chi connectivity index (χ2v) is 2.94. The summed E-state index contributed by atoms with van der Waals surface area (Å²) >= 11 is 0. The van der Waals surface area contributed by atoms with Gasteiger partial charge in [-0.25, -0.2) is 4.39 Å². The highest BCUT2D eigenvalue weighted by atomic mass is 19.1. The predicted octanol–water partition coefficient (Wildman–Crippen LogP) is 3.20. The summed E-state index contributed by atoms with van der Waals surface area (Å²) in [5.74, 6) is 0.590. The zero-order valence-corrected chi connectivity index (χ0v) is 7.93. The first-order valence-electron chi connectivity index (χ1n) is 4.07. The summed E-state index contributed by atoms with van der Waals surface area (Å²) in [5.41, 5.74) is 2.45. The minimum atomic E-state index is -0.510. The van der Waals surface area contributed by atoms with Crippen molar-refractivity contribution in [3.05, 3.63) is 35.9 Å². The highest BCUT2D eigenvalue weighted by molar-refractivity contribution is 5.63. The largest absolute Gasteiger partial charge is 0.496 e. The van der Waals surface area contributed by atoms with Crippen LogP contribution >= 0.6 is 0 Å². The van der Waals surface area contributed by atoms with Crippen LogP contribution in [0.4, 0.5) is 4.39 Å². The van der Waals surface area contributed by atoms with Crippen LogP contribution in [-0.2, 0) is 6.67 Å². The van der Waals surface area contributed by atoms with Crippen molar-refractivity contribution in [2.24, 2.45) is 0 Å². The molecule has 2 heteroatoms. The molecule has 1 nitrogen and oxygen atoms in total. The topological polar surface area (TPSA) is 9.23 Å². The number of hydrogen-bond donors (Lipinski definition) is 0. The van der Waals surface area contributed by atoms with E-state index in [1.54, 1.807) is 12.1 Å². The summed E-state index contributed by atoms with van der Waals surface area (Å²) in [5, 5.41) is 0. The third-order valence-corrected chi connectivity index (χ3v) is 1.92. The van der Waals surface area contributed by atoms with Crippen LogP contribution in [0.5, 0.6) is 5.75 Å². The lowest BCUT2D eigenvalue weighted by molar-refractivity contribution is 0.394. The van der Waals surface area contributed by atoms with Crippen molar-refractivity contribution >= 4 is 5.57 Å². The molecule has 0 fully saturated rings. The first-order chi connectivity index (χ1) is 6.19. The Morgan fingerprint density at radius 2 is 2.23 bits per heavy atom. The van der Waals surface area contributed by atoms with Crippen molar-refractivity contribution in [3.63, 3.8) is 0 Å². The fourth-order valence-corrected chi connectivity index (χ4v) is 1.15. The minimum Gasteiger partial charge on any atom is -0.496 e. The quantitative estimate of drug-likeness (QED) is 0.694. The van der Waals surface area contributed by atoms with Crippen LogP contribution in [0.2, 0.25) is 0 Å². The molecule has 70 valence electrons. The zero-order chi connectivity index (χ0) is 9.84. The molecule has 0 radical (unpaired) electrons. The van der Waals surface area contributed by atoms with E-state index in [0.717, 1.165) is 11.1 Å². The first-order valence-corrected chi connectivity index (χ1v) is 4.07. The molecule has 1 aromatic carbocycles. The first kappa shape index (κ1) is 9.78. The van der Waals surface area contributed by atoms with E-state index in [0.29, 0.717) is 11.3 Å². The Hall–Kier alpha value is -1.31. The second kappa shape index (κ2) is 4.08. The number of alkyl halides is 1. The monoisotopic (exact) mass is 180 g/mol. The zero-order valence-electron chi connectivity index (χ0n) is 7.93. The van der Waals surface area contributed by atoms with E-state index in [4.69, 9.17) is 4.74 Å². The lowest BCUT2D eigenvalue weighted by Gasteiger charge is -2.07. The Morgan fingerprint density at radius 1 is 1.54 bits per heavy atom. The second-order valence-electron chi connectivity index (χ2n) is 2.94. The molecule has 0 heterocycles. The van der Waals surface area contributed by atoms with E-state index in [2.05, 4.69) is 6.58 Å². The van der Waals surface area contributed by atoms with Crippen LogP contribution in [0.25, 0.3) is 5.57 Å². The van der Waals surface area contributed by atoms with Crippen molar-refractivity contribution in [3.8, 4) is 5.75 Å². The van der Waals surface area contributed by atoms with Gasteiger partial charge in [-0.05, 0) is 24.6 Å². The molecule has 0 aromatic heterocycles. The predicted molar refractivity (Wildman–Crippen MR) is 52.5 cm³/mol. The number of allylic oxidation sites excluding steroid dienone is 1. The number of ether oxygens (including phenoxy) is 1. The average molecular weight is 180 g/mol. The van der Waals surface area contributed by atoms with Gasteiger partial charge in [-0.1, -0.05) is 18.2 Å². The van der Waals surface area contributed by atoms with Gasteiger partial charge in [0.15, 0.2) is 0 Å². The SMILES string of the molecule is C=C(C)c1ccc(OC)c(CF)c1. The van der Waals surface area contributed by atoms with E-state index in [9.17, 15) is 4.39 Å². The van der Waals surface area contributed by atoms with Crippen molar-refractivity contribution in [1.82, 2.24) is 0 Å². The summed E-state index contributed by atoms with van der Waals surface area (Å²) in [6.45, 7) is 5.18. The van der Waals surface area contributed by atoms with Gasteiger partial charge in [0.1, 0.15) is 12.4 Å². The Bertz CT molecular complexity index is 318. The number of halogens is 1. The van der Waals surface area contributed by atoms with Crippen LogP contribution in [0.3, 0.4) is 0 Å². The van der Waals surface area contributed by atoms with E-state index in [1.165, 1.54) is 7.11 Å². The Kier molecular flexibility index (Phi) is 3.07. The Balaban J connectivity index is 3.13. The molecular formula is C11H13FO. The molecule has 0 saturated carbocycles. The maximum atomic E-state index is 12.5. The number of hydrogen-bond acceptors (Lipinski definition) is 1. The smallest absolute Gasteiger partial charge is 0.124 e. The van der Waals surface area contributed by atoms with E-state index in [1.807, 2.05) is 13.0 Å². The third-order valence-electron chi connectivity index (χ3n) is 1.92. The van der Waals surface area contributed by atoms with Gasteiger partial charge < -0.3 is 4.74 Å². The summed E-state index contributed by atoms with van der Waals surface area (Å²) < 4.78 is 17.5. The van der Waals surface area contributed by atoms with Crippen molar-refractivity contribution in [1.29, 1.82) is 0 Å². The fourth-order valence-electron chi connectivity index (χ4n) is 1.15. The van der Waals surface area contributed by atoms with Crippen LogP contribution in [-0.4, -0.2) is 7.11 Å². The van der Waals surface area contributed by atoms with Gasteiger partial charge >= 0.3 is 0 Å². The van der Waals surface area contributed by atoms with Crippen molar-refractivity contribution in [2.75, 3.05) is 7.11 Å². The molecule has 0 N–H and O–H groups in total. The molecule has 0 saturated heterocycles. The Labute approximate surface area is 77.8 Å². The molecular weight excluding hydrogens is 167 g/mol. The lowest BCUT2D eigenvalue weighted by Crippen LogP contribution is -1.91. The fraction of sp³-hybridized carbons (Fsp3) is 0.273. The molecule has 0 spiro atoms. The summed E-state index contributed by atoms with van der Waals surface area (Å²) in [6.07, 6.45) is 0. The summed E-state index contributed by atoms with van der Waals surface area (Å²) in [7, 11) is 1.54. The van der Waals surface area contributed by atoms with Crippen molar-refractivity contribution in [2.45, 2.75) is 13.6 Å². The summed E-state index contributed by atoms with van der Waals surface area (Å²) in [4.78, 5) is 0. The van der Waals surface area contributed by atoms with Gasteiger partial charge in [-0.3, -0.25) is 0 Å². The molecule has 0 aliphatic carbocycles. The summed E-state index contributed by atoms with van der Waals surface area (Å²) in [6, 6.07) is 5.40. The molecule has 0 bridgehead atoms. The molecule has 0 atom stereocenters. The molecule has 0 aliphatic rings. The highest BCUT2D eigenvalue weighted by Crippen LogP contribution is 2.23. The minimum absolute atomic E-state index is 0.510. The van der Waals surface area contributed by atoms with Gasteiger partial charge in [0.05, 0.1) is 7.11 Å². The van der Waals surface area contributed by atoms with Crippen LogP contribution < -0.4 is 4.74 Å². The maximum Gasteiger partial charge on any atom is 0.124 e.